The summed E-state index contributed by atoms with van der Waals surface area (Å²) in [5.74, 6) is 0.138. The van der Waals surface area contributed by atoms with E-state index in [1.54, 1.807) is 16.5 Å². The molecule has 2 unspecified atom stereocenters. The summed E-state index contributed by atoms with van der Waals surface area (Å²) >= 11 is 1.48. The van der Waals surface area contributed by atoms with Gasteiger partial charge in [0.1, 0.15) is 11.8 Å². The van der Waals surface area contributed by atoms with Crippen molar-refractivity contribution in [2.45, 2.75) is 25.7 Å². The van der Waals surface area contributed by atoms with Crippen LogP contribution < -0.4 is 5.56 Å². The molecule has 1 aliphatic rings. The monoisotopic (exact) mass is 347 g/mol. The molecule has 3 aromatic rings. The second-order valence-electron chi connectivity index (χ2n) is 6.13. The molecule has 3 heterocycles. The van der Waals surface area contributed by atoms with Crippen LogP contribution in [0.25, 0.3) is 4.96 Å². The number of nitriles is 2. The minimum Gasteiger partial charge on any atom is -0.269 e. The molecule has 2 atom stereocenters. The van der Waals surface area contributed by atoms with Gasteiger partial charge in [-0.05, 0) is 25.5 Å². The van der Waals surface area contributed by atoms with E-state index in [2.05, 4.69) is 16.0 Å². The molecule has 0 N–H and O–H groups in total. The quantitative estimate of drug-likeness (QED) is 0.725. The van der Waals surface area contributed by atoms with Crippen LogP contribution in [0.15, 0.2) is 29.1 Å². The summed E-state index contributed by atoms with van der Waals surface area (Å²) in [5, 5.41) is 18.0. The molecule has 0 radical (unpaired) electrons. The van der Waals surface area contributed by atoms with Gasteiger partial charge in [-0.1, -0.05) is 6.07 Å². The van der Waals surface area contributed by atoms with Crippen molar-refractivity contribution < 1.29 is 0 Å². The van der Waals surface area contributed by atoms with Crippen LogP contribution in [0, 0.1) is 35.5 Å². The Morgan fingerprint density at radius 3 is 2.88 bits per heavy atom. The van der Waals surface area contributed by atoms with Gasteiger partial charge in [0.2, 0.25) is 0 Å². The highest BCUT2D eigenvalue weighted by molar-refractivity contribution is 7.17. The maximum absolute atomic E-state index is 12.6. The van der Waals surface area contributed by atoms with Gasteiger partial charge in [-0.15, -0.1) is 11.3 Å². The number of aryl methyl sites for hydroxylation is 1. The van der Waals surface area contributed by atoms with Crippen LogP contribution in [0.5, 0.6) is 0 Å². The van der Waals surface area contributed by atoms with Gasteiger partial charge in [0, 0.05) is 34.7 Å². The largest absolute Gasteiger partial charge is 0.269 e. The number of pyridine rings is 1. The average Bonchev–Trinajstić information content (AvgIpc) is 3.29. The van der Waals surface area contributed by atoms with E-state index in [4.69, 9.17) is 10.5 Å². The van der Waals surface area contributed by atoms with Crippen molar-refractivity contribution in [3.8, 4) is 12.1 Å². The Morgan fingerprint density at radius 2 is 2.16 bits per heavy atom. The van der Waals surface area contributed by atoms with E-state index in [1.165, 1.54) is 17.4 Å². The van der Waals surface area contributed by atoms with Crippen LogP contribution in [0.3, 0.4) is 0 Å². The second kappa shape index (κ2) is 5.80. The molecule has 0 amide bonds. The van der Waals surface area contributed by atoms with Gasteiger partial charge >= 0.3 is 0 Å². The predicted octanol–water partition coefficient (Wildman–Crippen LogP) is 2.55. The highest BCUT2D eigenvalue weighted by Crippen LogP contribution is 2.48. The van der Waals surface area contributed by atoms with E-state index >= 15 is 0 Å². The van der Waals surface area contributed by atoms with Crippen LogP contribution in [0.4, 0.5) is 0 Å². The maximum Gasteiger partial charge on any atom is 0.258 e. The Kier molecular flexibility index (Phi) is 3.60. The van der Waals surface area contributed by atoms with Gasteiger partial charge in [-0.3, -0.25) is 9.20 Å². The van der Waals surface area contributed by atoms with E-state index in [1.807, 2.05) is 19.1 Å². The third kappa shape index (κ3) is 2.69. The molecule has 122 valence electrons. The molecule has 1 aliphatic carbocycles. The molecule has 25 heavy (non-hydrogen) atoms. The number of aromatic nitrogens is 3. The molecular weight excluding hydrogens is 334 g/mol. The summed E-state index contributed by atoms with van der Waals surface area (Å²) in [6, 6.07) is 11.0. The summed E-state index contributed by atoms with van der Waals surface area (Å²) in [5.41, 5.74) is 2.49. The molecule has 0 spiro atoms. The lowest BCUT2D eigenvalue weighted by molar-refractivity contribution is 0.882. The standard InChI is InChI=1S/C18H13N5OS/c1-10-17(15-5-11(15)8-19)23-16(24)7-14(22-18(23)25-10)6-12-3-2-4-13(9-20)21-12/h2-4,7,11,15H,5-6H2,1H3. The number of hydrogen-bond donors (Lipinski definition) is 0. The number of rotatable bonds is 3. The van der Waals surface area contributed by atoms with E-state index in [9.17, 15) is 4.79 Å². The fourth-order valence-electron chi connectivity index (χ4n) is 3.13. The molecule has 1 saturated carbocycles. The van der Waals surface area contributed by atoms with Crippen LogP contribution in [0.2, 0.25) is 0 Å². The molecule has 4 rings (SSSR count). The van der Waals surface area contributed by atoms with Gasteiger partial charge in [0.05, 0.1) is 17.7 Å². The van der Waals surface area contributed by atoms with E-state index < -0.39 is 0 Å². The van der Waals surface area contributed by atoms with Crippen LogP contribution in [-0.2, 0) is 6.42 Å². The Bertz CT molecular complexity index is 1130. The first-order valence-corrected chi connectivity index (χ1v) is 8.70. The summed E-state index contributed by atoms with van der Waals surface area (Å²) < 4.78 is 1.64. The molecule has 0 saturated heterocycles. The van der Waals surface area contributed by atoms with Gasteiger partial charge < -0.3 is 0 Å². The molecule has 7 heteroatoms. The van der Waals surface area contributed by atoms with Gasteiger partial charge in [-0.25, -0.2) is 9.97 Å². The summed E-state index contributed by atoms with van der Waals surface area (Å²) in [7, 11) is 0. The number of thiazole rings is 1. The number of hydrogen-bond acceptors (Lipinski definition) is 6. The first-order valence-electron chi connectivity index (χ1n) is 7.88. The molecule has 0 aliphatic heterocycles. The lowest BCUT2D eigenvalue weighted by atomic mass is 10.2. The fraction of sp³-hybridized carbons (Fsp3) is 0.278. The zero-order chi connectivity index (χ0) is 17.6. The minimum atomic E-state index is -0.126. The minimum absolute atomic E-state index is 0.000924. The third-order valence-corrected chi connectivity index (χ3v) is 5.35. The smallest absolute Gasteiger partial charge is 0.258 e. The van der Waals surface area contributed by atoms with Crippen molar-refractivity contribution in [2.75, 3.05) is 0 Å². The molecule has 6 nitrogen and oxygen atoms in total. The van der Waals surface area contributed by atoms with Crippen molar-refractivity contribution in [3.05, 3.63) is 62.3 Å². The third-order valence-electron chi connectivity index (χ3n) is 4.38. The zero-order valence-corrected chi connectivity index (χ0v) is 14.2. The Morgan fingerprint density at radius 1 is 1.32 bits per heavy atom. The Labute approximate surface area is 147 Å². The average molecular weight is 347 g/mol. The van der Waals surface area contributed by atoms with Crippen molar-refractivity contribution in [2.24, 2.45) is 5.92 Å². The maximum atomic E-state index is 12.6. The zero-order valence-electron chi connectivity index (χ0n) is 13.4. The topological polar surface area (TPSA) is 94.8 Å². The highest BCUT2D eigenvalue weighted by atomic mass is 32.1. The SMILES string of the molecule is Cc1sc2nc(Cc3cccc(C#N)n3)cc(=O)n2c1C1CC1C#N. The lowest BCUT2D eigenvalue weighted by Crippen LogP contribution is -2.17. The molecule has 3 aromatic heterocycles. The van der Waals surface area contributed by atoms with E-state index in [0.717, 1.165) is 17.0 Å². The van der Waals surface area contributed by atoms with Crippen molar-refractivity contribution in [1.82, 2.24) is 14.4 Å². The van der Waals surface area contributed by atoms with E-state index in [-0.39, 0.29) is 17.4 Å². The summed E-state index contributed by atoms with van der Waals surface area (Å²) in [4.78, 5) is 23.2. The van der Waals surface area contributed by atoms with Gasteiger partial charge in [0.15, 0.2) is 4.96 Å². The normalized spacial score (nSPS) is 18.7. The van der Waals surface area contributed by atoms with Gasteiger partial charge in [-0.2, -0.15) is 10.5 Å². The molecule has 0 bridgehead atoms. The number of fused-ring (bicyclic) bond motifs is 1. The first kappa shape index (κ1) is 15.5. The second-order valence-corrected chi connectivity index (χ2v) is 7.31. The van der Waals surface area contributed by atoms with Gasteiger partial charge in [0.25, 0.3) is 5.56 Å². The van der Waals surface area contributed by atoms with E-state index in [0.29, 0.717) is 28.5 Å². The predicted molar refractivity (Wildman–Crippen MR) is 92.3 cm³/mol. The van der Waals surface area contributed by atoms with Crippen molar-refractivity contribution >= 4 is 16.3 Å². The lowest BCUT2D eigenvalue weighted by Gasteiger charge is -2.03. The van der Waals surface area contributed by atoms with Crippen LogP contribution >= 0.6 is 11.3 Å². The highest BCUT2D eigenvalue weighted by Gasteiger charge is 2.42. The number of nitrogens with zero attached hydrogens (tertiary/aromatic N) is 5. The summed E-state index contributed by atoms with van der Waals surface area (Å²) in [6.45, 7) is 1.97. The van der Waals surface area contributed by atoms with Crippen LogP contribution in [-0.4, -0.2) is 14.4 Å². The molecule has 1 fully saturated rings. The first-order chi connectivity index (χ1) is 12.1. The van der Waals surface area contributed by atoms with Crippen LogP contribution in [0.1, 0.15) is 40.0 Å². The Balaban J connectivity index is 1.75. The molecular formula is C18H13N5OS. The van der Waals surface area contributed by atoms with Crippen molar-refractivity contribution in [3.63, 3.8) is 0 Å². The summed E-state index contributed by atoms with van der Waals surface area (Å²) in [6.07, 6.45) is 1.21. The molecule has 0 aromatic carbocycles. The fourth-order valence-corrected chi connectivity index (χ4v) is 4.19. The Hall–Kier alpha value is -3.03. The van der Waals surface area contributed by atoms with Crippen molar-refractivity contribution in [1.29, 1.82) is 10.5 Å².